The van der Waals surface area contributed by atoms with Gasteiger partial charge < -0.3 is 4.74 Å². The molecule has 100 valence electrons. The standard InChI is InChI=1S/C17H26O/c1-4-16-10-12-17(13-11-16)9-7-5-6-8-14-18-15(2)3/h7,9-13,15H,4-6,8,14H2,1-3H3. The Labute approximate surface area is 112 Å². The molecule has 0 unspecified atom stereocenters. The number of hydrogen-bond acceptors (Lipinski definition) is 1. The highest BCUT2D eigenvalue weighted by atomic mass is 16.5. The van der Waals surface area contributed by atoms with Gasteiger partial charge in [-0.25, -0.2) is 0 Å². The van der Waals surface area contributed by atoms with E-state index in [0.29, 0.717) is 6.10 Å². The van der Waals surface area contributed by atoms with Crippen molar-refractivity contribution in [3.05, 3.63) is 41.5 Å². The summed E-state index contributed by atoms with van der Waals surface area (Å²) in [6.07, 6.45) is 9.43. The molecule has 0 spiro atoms. The predicted molar refractivity (Wildman–Crippen MR) is 79.8 cm³/mol. The second-order valence-electron chi connectivity index (χ2n) is 4.91. The third-order valence-electron chi connectivity index (χ3n) is 2.91. The van der Waals surface area contributed by atoms with Crippen LogP contribution in [0, 0.1) is 0 Å². The third kappa shape index (κ3) is 6.61. The van der Waals surface area contributed by atoms with Gasteiger partial charge in [0.15, 0.2) is 0 Å². The zero-order chi connectivity index (χ0) is 13.2. The zero-order valence-electron chi connectivity index (χ0n) is 12.0. The molecule has 0 aromatic heterocycles. The Kier molecular flexibility index (Phi) is 7.43. The van der Waals surface area contributed by atoms with E-state index >= 15 is 0 Å². The molecule has 1 nitrogen and oxygen atoms in total. The molecule has 0 amide bonds. The van der Waals surface area contributed by atoms with Crippen LogP contribution < -0.4 is 0 Å². The molecule has 0 N–H and O–H groups in total. The third-order valence-corrected chi connectivity index (χ3v) is 2.91. The Hall–Kier alpha value is -1.08. The summed E-state index contributed by atoms with van der Waals surface area (Å²) in [6, 6.07) is 8.79. The van der Waals surface area contributed by atoms with Crippen molar-refractivity contribution in [1.29, 1.82) is 0 Å². The number of aryl methyl sites for hydroxylation is 1. The van der Waals surface area contributed by atoms with Gasteiger partial charge in [-0.15, -0.1) is 0 Å². The van der Waals surface area contributed by atoms with E-state index in [-0.39, 0.29) is 0 Å². The highest BCUT2D eigenvalue weighted by molar-refractivity contribution is 5.49. The number of hydrogen-bond donors (Lipinski definition) is 0. The molecular formula is C17H26O. The number of rotatable bonds is 8. The number of ether oxygens (including phenoxy) is 1. The first-order valence-corrected chi connectivity index (χ1v) is 7.09. The lowest BCUT2D eigenvalue weighted by Crippen LogP contribution is -2.03. The molecule has 0 heterocycles. The molecule has 0 bridgehead atoms. The normalized spacial score (nSPS) is 11.6. The Morgan fingerprint density at radius 3 is 2.44 bits per heavy atom. The molecule has 1 rings (SSSR count). The van der Waals surface area contributed by atoms with Gasteiger partial charge in [-0.2, -0.15) is 0 Å². The summed E-state index contributed by atoms with van der Waals surface area (Å²) in [5.74, 6) is 0. The lowest BCUT2D eigenvalue weighted by Gasteiger charge is -2.05. The molecule has 1 heteroatoms. The van der Waals surface area contributed by atoms with Crippen molar-refractivity contribution < 1.29 is 4.74 Å². The van der Waals surface area contributed by atoms with Crippen molar-refractivity contribution in [2.75, 3.05) is 6.61 Å². The van der Waals surface area contributed by atoms with Crippen LogP contribution >= 0.6 is 0 Å². The maximum atomic E-state index is 5.51. The summed E-state index contributed by atoms with van der Waals surface area (Å²) in [7, 11) is 0. The summed E-state index contributed by atoms with van der Waals surface area (Å²) >= 11 is 0. The number of allylic oxidation sites excluding steroid dienone is 1. The summed E-state index contributed by atoms with van der Waals surface area (Å²) in [5.41, 5.74) is 2.70. The lowest BCUT2D eigenvalue weighted by molar-refractivity contribution is 0.0762. The molecule has 0 aliphatic rings. The van der Waals surface area contributed by atoms with Crippen LogP contribution in [0.3, 0.4) is 0 Å². The van der Waals surface area contributed by atoms with Crippen LogP contribution in [-0.4, -0.2) is 12.7 Å². The lowest BCUT2D eigenvalue weighted by atomic mass is 10.1. The summed E-state index contributed by atoms with van der Waals surface area (Å²) in [5, 5.41) is 0. The first-order valence-electron chi connectivity index (χ1n) is 7.09. The van der Waals surface area contributed by atoms with Gasteiger partial charge in [-0.1, -0.05) is 43.3 Å². The van der Waals surface area contributed by atoms with Gasteiger partial charge in [0.05, 0.1) is 6.10 Å². The van der Waals surface area contributed by atoms with Crippen LogP contribution in [0.1, 0.15) is 51.2 Å². The molecule has 0 aliphatic heterocycles. The largest absolute Gasteiger partial charge is 0.379 e. The molecule has 1 aromatic rings. The summed E-state index contributed by atoms with van der Waals surface area (Å²) in [6.45, 7) is 7.24. The molecule has 0 fully saturated rings. The smallest absolute Gasteiger partial charge is 0.0518 e. The van der Waals surface area contributed by atoms with Crippen LogP contribution in [0.25, 0.3) is 6.08 Å². The Morgan fingerprint density at radius 2 is 1.83 bits per heavy atom. The minimum atomic E-state index is 0.359. The van der Waals surface area contributed by atoms with Gasteiger partial charge in [0, 0.05) is 6.61 Å². The fraction of sp³-hybridized carbons (Fsp3) is 0.529. The van der Waals surface area contributed by atoms with E-state index in [1.807, 2.05) is 0 Å². The predicted octanol–water partition coefficient (Wildman–Crippen LogP) is 4.86. The highest BCUT2D eigenvalue weighted by Crippen LogP contribution is 2.08. The summed E-state index contributed by atoms with van der Waals surface area (Å²) in [4.78, 5) is 0. The van der Waals surface area contributed by atoms with Gasteiger partial charge >= 0.3 is 0 Å². The molecule has 0 radical (unpaired) electrons. The van der Waals surface area contributed by atoms with Gasteiger partial charge in [0.1, 0.15) is 0 Å². The van der Waals surface area contributed by atoms with E-state index in [1.54, 1.807) is 0 Å². The molecule has 0 saturated heterocycles. The molecule has 0 saturated carbocycles. The van der Waals surface area contributed by atoms with E-state index in [1.165, 1.54) is 17.5 Å². The molecule has 18 heavy (non-hydrogen) atoms. The van der Waals surface area contributed by atoms with Crippen molar-refractivity contribution in [2.24, 2.45) is 0 Å². The zero-order valence-corrected chi connectivity index (χ0v) is 12.0. The maximum Gasteiger partial charge on any atom is 0.0518 e. The minimum absolute atomic E-state index is 0.359. The van der Waals surface area contributed by atoms with E-state index in [2.05, 4.69) is 57.2 Å². The van der Waals surface area contributed by atoms with Crippen LogP contribution in [0.5, 0.6) is 0 Å². The van der Waals surface area contributed by atoms with Crippen LogP contribution in [0.4, 0.5) is 0 Å². The molecule has 1 aromatic carbocycles. The van der Waals surface area contributed by atoms with Crippen LogP contribution in [0.2, 0.25) is 0 Å². The SMILES string of the molecule is CCc1ccc(C=CCCCCOC(C)C)cc1. The van der Waals surface area contributed by atoms with Crippen molar-refractivity contribution in [2.45, 2.75) is 52.6 Å². The first kappa shape index (κ1) is 15.0. The maximum absolute atomic E-state index is 5.51. The molecule has 0 atom stereocenters. The monoisotopic (exact) mass is 246 g/mol. The van der Waals surface area contributed by atoms with E-state index < -0.39 is 0 Å². The second kappa shape index (κ2) is 8.93. The van der Waals surface area contributed by atoms with Crippen LogP contribution in [0.15, 0.2) is 30.3 Å². The van der Waals surface area contributed by atoms with E-state index in [0.717, 1.165) is 25.9 Å². The van der Waals surface area contributed by atoms with Gasteiger partial charge in [0.25, 0.3) is 0 Å². The second-order valence-corrected chi connectivity index (χ2v) is 4.91. The Morgan fingerprint density at radius 1 is 1.11 bits per heavy atom. The average Bonchev–Trinajstić information content (AvgIpc) is 2.38. The highest BCUT2D eigenvalue weighted by Gasteiger charge is 1.92. The fourth-order valence-electron chi connectivity index (χ4n) is 1.77. The van der Waals surface area contributed by atoms with E-state index in [4.69, 9.17) is 4.74 Å². The molecule has 0 aliphatic carbocycles. The van der Waals surface area contributed by atoms with Crippen molar-refractivity contribution in [3.8, 4) is 0 Å². The fourth-order valence-corrected chi connectivity index (χ4v) is 1.77. The van der Waals surface area contributed by atoms with E-state index in [9.17, 15) is 0 Å². The van der Waals surface area contributed by atoms with Crippen molar-refractivity contribution in [1.82, 2.24) is 0 Å². The Balaban J connectivity index is 2.16. The Bertz CT molecular complexity index is 335. The van der Waals surface area contributed by atoms with Crippen LogP contribution in [-0.2, 0) is 11.2 Å². The number of unbranched alkanes of at least 4 members (excludes halogenated alkanes) is 2. The quantitative estimate of drug-likeness (QED) is 0.595. The number of benzene rings is 1. The molecular weight excluding hydrogens is 220 g/mol. The minimum Gasteiger partial charge on any atom is -0.379 e. The van der Waals surface area contributed by atoms with Gasteiger partial charge in [-0.05, 0) is 50.7 Å². The van der Waals surface area contributed by atoms with Crippen molar-refractivity contribution in [3.63, 3.8) is 0 Å². The van der Waals surface area contributed by atoms with Gasteiger partial charge in [0.2, 0.25) is 0 Å². The first-order chi connectivity index (χ1) is 8.72. The van der Waals surface area contributed by atoms with Crippen molar-refractivity contribution >= 4 is 6.08 Å². The average molecular weight is 246 g/mol. The van der Waals surface area contributed by atoms with Gasteiger partial charge in [-0.3, -0.25) is 0 Å². The topological polar surface area (TPSA) is 9.23 Å². The summed E-state index contributed by atoms with van der Waals surface area (Å²) < 4.78 is 5.51.